The van der Waals surface area contributed by atoms with Gasteiger partial charge < -0.3 is 9.32 Å². The second-order valence-corrected chi connectivity index (χ2v) is 18.4. The van der Waals surface area contributed by atoms with Crippen molar-refractivity contribution in [1.29, 1.82) is 0 Å². The number of hydrogen-bond acceptors (Lipinski definition) is 2. The minimum absolute atomic E-state index is 0.165. The van der Waals surface area contributed by atoms with Crippen LogP contribution in [-0.4, -0.2) is 0 Å². The summed E-state index contributed by atoms with van der Waals surface area (Å²) in [5.74, 6) is 0. The Morgan fingerprint density at radius 1 is 0.355 bits per heavy atom. The van der Waals surface area contributed by atoms with E-state index in [0.717, 1.165) is 55.5 Å². The molecule has 0 unspecified atom stereocenters. The monoisotopic (exact) mass is 793 g/mol. The molecule has 13 rings (SSSR count). The van der Waals surface area contributed by atoms with Crippen LogP contribution in [0.2, 0.25) is 0 Å². The molecule has 1 aromatic heterocycles. The van der Waals surface area contributed by atoms with Gasteiger partial charge in [-0.05, 0) is 119 Å². The molecule has 0 amide bonds. The zero-order valence-electron chi connectivity index (χ0n) is 35.3. The highest BCUT2D eigenvalue weighted by molar-refractivity contribution is 6.33. The van der Waals surface area contributed by atoms with E-state index in [4.69, 9.17) is 4.42 Å². The summed E-state index contributed by atoms with van der Waals surface area (Å²) in [4.78, 5) is 2.52. The first kappa shape index (κ1) is 35.3. The molecule has 0 aliphatic heterocycles. The van der Waals surface area contributed by atoms with E-state index in [1.54, 1.807) is 0 Å². The van der Waals surface area contributed by atoms with Crippen LogP contribution in [0, 0.1) is 0 Å². The Kier molecular flexibility index (Phi) is 7.16. The molecule has 62 heavy (non-hydrogen) atoms. The van der Waals surface area contributed by atoms with E-state index < -0.39 is 0 Å². The molecule has 0 saturated heterocycles. The van der Waals surface area contributed by atoms with Crippen LogP contribution < -0.4 is 4.90 Å². The van der Waals surface area contributed by atoms with Crippen LogP contribution in [0.1, 0.15) is 49.9 Å². The Bertz CT molecular complexity index is 3600. The molecule has 0 atom stereocenters. The van der Waals surface area contributed by atoms with Crippen molar-refractivity contribution in [1.82, 2.24) is 0 Å². The molecule has 2 heteroatoms. The summed E-state index contributed by atoms with van der Waals surface area (Å²) < 4.78 is 7.41. The van der Waals surface area contributed by atoms with Gasteiger partial charge in [0.05, 0.1) is 11.1 Å². The van der Waals surface area contributed by atoms with Gasteiger partial charge in [-0.2, -0.15) is 0 Å². The van der Waals surface area contributed by atoms with Crippen molar-refractivity contribution < 1.29 is 4.42 Å². The lowest BCUT2D eigenvalue weighted by molar-refractivity contribution is 0.660. The number of rotatable bonds is 4. The average Bonchev–Trinajstić information content (AvgIpc) is 3.90. The zero-order valence-corrected chi connectivity index (χ0v) is 35.3. The maximum atomic E-state index is 7.41. The lowest BCUT2D eigenvalue weighted by Gasteiger charge is -2.30. The number of fused-ring (bicyclic) bond motifs is 15. The molecule has 294 valence electrons. The molecule has 0 N–H and O–H groups in total. The Hall–Kier alpha value is -7.42. The molecule has 2 aliphatic carbocycles. The summed E-state index contributed by atoms with van der Waals surface area (Å²) in [6.45, 7) is 9.49. The third-order valence-electron chi connectivity index (χ3n) is 14.4. The van der Waals surface area contributed by atoms with Gasteiger partial charge in [-0.1, -0.05) is 173 Å². The van der Waals surface area contributed by atoms with Crippen molar-refractivity contribution >= 4 is 71.3 Å². The van der Waals surface area contributed by atoms with Crippen LogP contribution in [0.15, 0.2) is 192 Å². The Morgan fingerprint density at radius 2 is 0.855 bits per heavy atom. The Morgan fingerprint density at radius 3 is 1.50 bits per heavy atom. The smallest absolute Gasteiger partial charge is 0.145 e. The quantitative estimate of drug-likeness (QED) is 0.165. The minimum Gasteiger partial charge on any atom is -0.455 e. The van der Waals surface area contributed by atoms with Crippen molar-refractivity contribution in [3.63, 3.8) is 0 Å². The number of anilines is 3. The number of furan rings is 1. The highest BCUT2D eigenvalue weighted by Crippen LogP contribution is 2.55. The summed E-state index contributed by atoms with van der Waals surface area (Å²) in [5.41, 5.74) is 17.7. The zero-order chi connectivity index (χ0) is 41.5. The van der Waals surface area contributed by atoms with E-state index in [0.29, 0.717) is 0 Å². The van der Waals surface area contributed by atoms with Crippen LogP contribution in [0.25, 0.3) is 87.6 Å². The standard InChI is InChI=1S/C60H43NO/c1-59(2)50-23-13-11-19-44(50)46-29-27-39(34-52(46)59)61(40-28-30-47-45-20-12-14-24-51(45)60(3,4)53(47)35-40)54-32-31-41(38-26-25-36-15-5-6-16-37(36)33-38)57-56(54)55-48-21-9-7-17-42(48)43-18-8-10-22-49(43)58(55)62-57/h5-35H,1-4H3. The predicted octanol–water partition coefficient (Wildman–Crippen LogP) is 16.8. The van der Waals surface area contributed by atoms with Gasteiger partial charge in [-0.3, -0.25) is 0 Å². The lowest BCUT2D eigenvalue weighted by Crippen LogP contribution is -2.18. The maximum absolute atomic E-state index is 7.41. The first-order valence-corrected chi connectivity index (χ1v) is 21.8. The summed E-state index contributed by atoms with van der Waals surface area (Å²) in [6.07, 6.45) is 0. The van der Waals surface area contributed by atoms with Gasteiger partial charge in [0.1, 0.15) is 11.2 Å². The van der Waals surface area contributed by atoms with Crippen molar-refractivity contribution in [2.24, 2.45) is 0 Å². The molecular weight excluding hydrogens is 751 g/mol. The second kappa shape index (κ2) is 12.6. The fourth-order valence-electron chi connectivity index (χ4n) is 11.3. The third kappa shape index (κ3) is 4.75. The number of hydrogen-bond donors (Lipinski definition) is 0. The molecule has 0 spiro atoms. The normalized spacial score (nSPS) is 14.4. The topological polar surface area (TPSA) is 16.4 Å². The van der Waals surface area contributed by atoms with Crippen LogP contribution >= 0.6 is 0 Å². The van der Waals surface area contributed by atoms with Crippen LogP contribution in [0.3, 0.4) is 0 Å². The third-order valence-corrected chi connectivity index (χ3v) is 14.4. The molecule has 11 aromatic rings. The summed E-state index contributed by atoms with van der Waals surface area (Å²) in [5, 5.41) is 9.40. The second-order valence-electron chi connectivity index (χ2n) is 18.4. The van der Waals surface area contributed by atoms with Gasteiger partial charge in [0.25, 0.3) is 0 Å². The molecule has 0 bridgehead atoms. The van der Waals surface area contributed by atoms with Crippen LogP contribution in [0.5, 0.6) is 0 Å². The van der Waals surface area contributed by atoms with E-state index in [9.17, 15) is 0 Å². The van der Waals surface area contributed by atoms with Gasteiger partial charge in [0.15, 0.2) is 0 Å². The van der Waals surface area contributed by atoms with Gasteiger partial charge in [0.2, 0.25) is 0 Å². The predicted molar refractivity (Wildman–Crippen MR) is 261 cm³/mol. The first-order chi connectivity index (χ1) is 30.3. The van der Waals surface area contributed by atoms with Crippen molar-refractivity contribution in [3.05, 3.63) is 210 Å². The van der Waals surface area contributed by atoms with E-state index >= 15 is 0 Å². The minimum atomic E-state index is -0.165. The molecule has 2 nitrogen and oxygen atoms in total. The lowest BCUT2D eigenvalue weighted by atomic mass is 9.82. The van der Waals surface area contributed by atoms with Crippen molar-refractivity contribution in [2.45, 2.75) is 38.5 Å². The fourth-order valence-corrected chi connectivity index (χ4v) is 11.3. The first-order valence-electron chi connectivity index (χ1n) is 21.8. The van der Waals surface area contributed by atoms with E-state index in [1.807, 2.05) is 0 Å². The summed E-state index contributed by atoms with van der Waals surface area (Å²) >= 11 is 0. The fraction of sp³-hybridized carbons (Fsp3) is 0.100. The SMILES string of the molecule is CC1(C)c2ccccc2-c2ccc(N(c3ccc4c(c3)C(C)(C)c3ccccc3-4)c3ccc(-c4ccc5ccccc5c4)c4oc5c6ccccc6c6ccccc6c5c34)cc21. The number of benzene rings is 10. The molecule has 1 heterocycles. The van der Waals surface area contributed by atoms with Crippen molar-refractivity contribution in [2.75, 3.05) is 4.90 Å². The Balaban J connectivity index is 1.16. The highest BCUT2D eigenvalue weighted by atomic mass is 16.3. The van der Waals surface area contributed by atoms with Gasteiger partial charge in [-0.15, -0.1) is 0 Å². The molecule has 0 radical (unpaired) electrons. The molecular formula is C60H43NO. The van der Waals surface area contributed by atoms with E-state index in [1.165, 1.54) is 71.4 Å². The van der Waals surface area contributed by atoms with Gasteiger partial charge >= 0.3 is 0 Å². The van der Waals surface area contributed by atoms with Crippen LogP contribution in [0.4, 0.5) is 17.1 Å². The van der Waals surface area contributed by atoms with Gasteiger partial charge in [-0.25, -0.2) is 0 Å². The highest BCUT2D eigenvalue weighted by Gasteiger charge is 2.38. The average molecular weight is 794 g/mol. The molecule has 2 aliphatic rings. The van der Waals surface area contributed by atoms with E-state index in [-0.39, 0.29) is 10.8 Å². The maximum Gasteiger partial charge on any atom is 0.145 e. The largest absolute Gasteiger partial charge is 0.455 e. The van der Waals surface area contributed by atoms with Crippen molar-refractivity contribution in [3.8, 4) is 33.4 Å². The van der Waals surface area contributed by atoms with Crippen LogP contribution in [-0.2, 0) is 10.8 Å². The van der Waals surface area contributed by atoms with E-state index in [2.05, 4.69) is 221 Å². The molecule has 0 fully saturated rings. The summed E-state index contributed by atoms with van der Waals surface area (Å²) in [7, 11) is 0. The van der Waals surface area contributed by atoms with Gasteiger partial charge in [0, 0.05) is 38.5 Å². The number of nitrogens with zero attached hydrogens (tertiary/aromatic N) is 1. The molecule has 0 saturated carbocycles. The molecule has 10 aromatic carbocycles. The Labute approximate surface area is 361 Å². The summed E-state index contributed by atoms with van der Waals surface area (Å²) in [6, 6.07) is 69.8.